The van der Waals surface area contributed by atoms with Gasteiger partial charge in [-0.15, -0.1) is 0 Å². The highest BCUT2D eigenvalue weighted by atomic mass is 15.3. The summed E-state index contributed by atoms with van der Waals surface area (Å²) < 4.78 is 0. The minimum Gasteiger partial charge on any atom is -0.305 e. The zero-order valence-electron chi connectivity index (χ0n) is 52.2. The van der Waals surface area contributed by atoms with E-state index in [1.54, 1.807) is 0 Å². The molecule has 432 valence electrons. The molecule has 13 fully saturated rings. The third kappa shape index (κ3) is 15.9. The summed E-state index contributed by atoms with van der Waals surface area (Å²) in [6.45, 7) is 42.1. The summed E-state index contributed by atoms with van der Waals surface area (Å²) in [6, 6.07) is 14.2. The van der Waals surface area contributed by atoms with E-state index in [-0.39, 0.29) is 0 Å². The maximum atomic E-state index is 2.76. The predicted octanol–water partition coefficient (Wildman–Crippen LogP) is 10.8. The molecule has 0 aromatic rings. The van der Waals surface area contributed by atoms with Crippen LogP contribution < -0.4 is 0 Å². The lowest BCUT2D eigenvalue weighted by molar-refractivity contribution is 0.0567. The third-order valence-electron chi connectivity index (χ3n) is 21.8. The third-order valence-corrected chi connectivity index (χ3v) is 21.8. The zero-order valence-corrected chi connectivity index (χ0v) is 52.2. The van der Waals surface area contributed by atoms with Crippen LogP contribution in [0.15, 0.2) is 0 Å². The van der Waals surface area contributed by atoms with Crippen molar-refractivity contribution in [2.24, 2.45) is 11.8 Å². The molecule has 10 atom stereocenters. The first kappa shape index (κ1) is 61.2. The average molecular weight is 1040 g/mol. The molecule has 0 aromatic carbocycles. The second kappa shape index (κ2) is 28.3. The van der Waals surface area contributed by atoms with E-state index in [1.165, 1.54) is 181 Å². The Bertz CT molecular complexity index is 1520. The molecule has 10 heteroatoms. The Labute approximate surface area is 460 Å². The normalized spacial score (nSPS) is 38.2. The molecule has 74 heavy (non-hydrogen) atoms. The Morgan fingerprint density at radius 2 is 0.662 bits per heavy atom. The van der Waals surface area contributed by atoms with Gasteiger partial charge in [-0.1, -0.05) is 6.92 Å². The summed E-state index contributed by atoms with van der Waals surface area (Å²) in [7, 11) is 9.12. The number of hydrogen-bond acceptors (Lipinski definition) is 10. The maximum Gasteiger partial charge on any atom is 0.0229 e. The van der Waals surface area contributed by atoms with Gasteiger partial charge in [0.05, 0.1) is 0 Å². The van der Waals surface area contributed by atoms with Crippen molar-refractivity contribution in [2.45, 2.75) is 315 Å². The molecule has 12 bridgehead atoms. The fourth-order valence-corrected chi connectivity index (χ4v) is 17.8. The Morgan fingerprint density at radius 1 is 0.284 bits per heavy atom. The van der Waals surface area contributed by atoms with Crippen molar-refractivity contribution < 1.29 is 0 Å². The summed E-state index contributed by atoms with van der Waals surface area (Å²) in [5.74, 6) is 2.06. The molecule has 1 saturated carbocycles. The van der Waals surface area contributed by atoms with Crippen LogP contribution >= 0.6 is 0 Å². The minimum atomic E-state index is 0.729. The van der Waals surface area contributed by atoms with E-state index in [9.17, 15) is 0 Å². The van der Waals surface area contributed by atoms with Crippen LogP contribution in [0.5, 0.6) is 0 Å². The average Bonchev–Trinajstić information content (AvgIpc) is 3.92. The van der Waals surface area contributed by atoms with E-state index in [2.05, 4.69) is 167 Å². The van der Waals surface area contributed by atoms with Crippen LogP contribution in [0.2, 0.25) is 0 Å². The van der Waals surface area contributed by atoms with E-state index in [4.69, 9.17) is 0 Å². The van der Waals surface area contributed by atoms with E-state index >= 15 is 0 Å². The molecule has 0 N–H and O–H groups in total. The molecule has 1 aliphatic carbocycles. The zero-order chi connectivity index (χ0) is 53.5. The highest BCUT2D eigenvalue weighted by molar-refractivity contribution is 4.99. The molecule has 0 radical (unpaired) electrons. The molecular formula is C64H126N10. The Hall–Kier alpha value is -0.400. The number of likely N-dealkylation sites (N-methyl/N-ethyl adjacent to an activating group) is 4. The van der Waals surface area contributed by atoms with Crippen LogP contribution in [0.4, 0.5) is 0 Å². The number of piperidine rings is 1. The Balaban J connectivity index is 0.000000130. The molecule has 0 amide bonds. The molecule has 0 spiro atoms. The Kier molecular flexibility index (Phi) is 23.4. The molecule has 0 aromatic heterocycles. The van der Waals surface area contributed by atoms with Gasteiger partial charge in [-0.3, -0.25) is 39.2 Å². The molecular weight excluding hydrogens is 909 g/mol. The van der Waals surface area contributed by atoms with Crippen molar-refractivity contribution in [3.63, 3.8) is 0 Å². The quantitative estimate of drug-likeness (QED) is 0.257. The number of nitrogens with zero attached hydrogens (tertiary/aromatic N) is 10. The fraction of sp³-hybridized carbons (Fsp3) is 1.00. The highest BCUT2D eigenvalue weighted by Gasteiger charge is 2.43. The summed E-state index contributed by atoms with van der Waals surface area (Å²) >= 11 is 0. The lowest BCUT2D eigenvalue weighted by Gasteiger charge is -2.41. The minimum absolute atomic E-state index is 0.729. The van der Waals surface area contributed by atoms with Crippen molar-refractivity contribution in [1.29, 1.82) is 0 Å². The number of piperazine rings is 2. The largest absolute Gasteiger partial charge is 0.305 e. The molecule has 13 aliphatic rings. The first-order valence-corrected chi connectivity index (χ1v) is 32.6. The van der Waals surface area contributed by atoms with E-state index < -0.39 is 0 Å². The monoisotopic (exact) mass is 1040 g/mol. The molecule has 13 rings (SSSR count). The summed E-state index contributed by atoms with van der Waals surface area (Å²) in [6.07, 6.45) is 27.4. The number of fused-ring (bicyclic) bond motifs is 14. The maximum absolute atomic E-state index is 2.76. The van der Waals surface area contributed by atoms with Gasteiger partial charge < -0.3 is 9.80 Å². The van der Waals surface area contributed by atoms with E-state index in [1.807, 2.05) is 0 Å². The molecule has 12 aliphatic heterocycles. The van der Waals surface area contributed by atoms with E-state index in [0.29, 0.717) is 0 Å². The van der Waals surface area contributed by atoms with Gasteiger partial charge >= 0.3 is 0 Å². The van der Waals surface area contributed by atoms with Crippen LogP contribution in [0.25, 0.3) is 0 Å². The number of likely N-dealkylation sites (tertiary alicyclic amines) is 4. The highest BCUT2D eigenvalue weighted by Crippen LogP contribution is 2.40. The van der Waals surface area contributed by atoms with Crippen LogP contribution in [-0.2, 0) is 0 Å². The standard InChI is InChI=1S/2C11H22N2.2C11H21N.2C10H20N2/c1-9(2)13-7-6-10-4-5-11(8-13)12(10)3;1-9(2)13-10-4-5-11(13)8-12(3)7-6-10;1-8(2)12-10-4-5-11(12)7-9(3)6-10;1-9(2)12-8-7-10-3-5-11(12)6-4-10;1-8(2)12-6-9-4-5-10(7-12)11(9)3;1-8(2)12-9-4-5-10(12)7-11(3)6-9/h2*9-11H,4-8H2,1-3H3;8-11H,4-7H2,1-3H3;9-11H,3-8H2,1-2H3;2*8-10H,4-7H2,1-3H3. The first-order valence-electron chi connectivity index (χ1n) is 32.6. The van der Waals surface area contributed by atoms with Crippen LogP contribution in [0, 0.1) is 11.8 Å². The fourth-order valence-electron chi connectivity index (χ4n) is 17.8. The lowest BCUT2D eigenvalue weighted by Crippen LogP contribution is -2.54. The van der Waals surface area contributed by atoms with Crippen LogP contribution in [0.1, 0.15) is 212 Å². The van der Waals surface area contributed by atoms with Crippen molar-refractivity contribution in [3.8, 4) is 0 Å². The second-order valence-corrected chi connectivity index (χ2v) is 28.9. The van der Waals surface area contributed by atoms with Crippen molar-refractivity contribution in [2.75, 3.05) is 87.1 Å². The van der Waals surface area contributed by atoms with Crippen molar-refractivity contribution in [1.82, 2.24) is 49.0 Å². The van der Waals surface area contributed by atoms with Gasteiger partial charge in [0.15, 0.2) is 0 Å². The summed E-state index contributed by atoms with van der Waals surface area (Å²) in [5.41, 5.74) is 0. The molecule has 10 nitrogen and oxygen atoms in total. The van der Waals surface area contributed by atoms with Crippen LogP contribution in [0.3, 0.4) is 0 Å². The van der Waals surface area contributed by atoms with Crippen molar-refractivity contribution in [3.05, 3.63) is 0 Å². The SMILES string of the molecule is CC(C)N1C2CCC1CN(C)C2.CC(C)N1C2CCC1CN(C)CC2.CC(C)N1CC2CCC(C1)N2C.CC(C)N1CCC2CCC(C1)N2C.CC(C)N1CCC2CCC1CC2.CC1CC2CCC(C1)N2C(C)C. The van der Waals surface area contributed by atoms with Gasteiger partial charge in [0.25, 0.3) is 0 Å². The van der Waals surface area contributed by atoms with Gasteiger partial charge in [-0.2, -0.15) is 0 Å². The summed E-state index contributed by atoms with van der Waals surface area (Å²) in [4.78, 5) is 26.4. The number of hydrogen-bond donors (Lipinski definition) is 0. The molecule has 12 saturated heterocycles. The second-order valence-electron chi connectivity index (χ2n) is 28.9. The van der Waals surface area contributed by atoms with Gasteiger partial charge in [0.2, 0.25) is 0 Å². The van der Waals surface area contributed by atoms with Gasteiger partial charge in [-0.25, -0.2) is 0 Å². The summed E-state index contributed by atoms with van der Waals surface area (Å²) in [5, 5.41) is 0. The molecule has 10 unspecified atom stereocenters. The van der Waals surface area contributed by atoms with Gasteiger partial charge in [0, 0.05) is 142 Å². The molecule has 12 heterocycles. The number of rotatable bonds is 6. The van der Waals surface area contributed by atoms with Crippen LogP contribution in [-0.4, -0.2) is 239 Å². The van der Waals surface area contributed by atoms with Gasteiger partial charge in [-0.05, 0) is 265 Å². The van der Waals surface area contributed by atoms with E-state index in [0.717, 1.165) is 115 Å². The lowest BCUT2D eigenvalue weighted by atomic mass is 9.86. The van der Waals surface area contributed by atoms with Crippen molar-refractivity contribution >= 4 is 0 Å². The smallest absolute Gasteiger partial charge is 0.0229 e. The Morgan fingerprint density at radius 3 is 1.15 bits per heavy atom. The first-order chi connectivity index (χ1) is 35.2. The topological polar surface area (TPSA) is 32.4 Å². The predicted molar refractivity (Wildman–Crippen MR) is 319 cm³/mol. The van der Waals surface area contributed by atoms with Gasteiger partial charge in [0.1, 0.15) is 0 Å².